The van der Waals surface area contributed by atoms with Gasteiger partial charge < -0.3 is 24.4 Å². The van der Waals surface area contributed by atoms with E-state index in [1.165, 1.54) is 12.1 Å². The van der Waals surface area contributed by atoms with Crippen molar-refractivity contribution in [1.82, 2.24) is 0 Å². The molecule has 4 aliphatic rings. The lowest BCUT2D eigenvalue weighted by Crippen LogP contribution is -2.70. The Morgan fingerprint density at radius 1 is 0.875 bits per heavy atom. The van der Waals surface area contributed by atoms with Gasteiger partial charge in [0.25, 0.3) is 6.48 Å². The fourth-order valence-corrected chi connectivity index (χ4v) is 4.26. The monoisotopic (exact) mass is 448 g/mol. The van der Waals surface area contributed by atoms with Gasteiger partial charge in [-0.1, -0.05) is 0 Å². The maximum absolute atomic E-state index is 10.9. The van der Waals surface area contributed by atoms with Crippen LogP contribution in [0.4, 0.5) is 11.4 Å². The normalized spacial score (nSPS) is 30.1. The summed E-state index contributed by atoms with van der Waals surface area (Å²) >= 11 is 0. The van der Waals surface area contributed by atoms with E-state index < -0.39 is 50.8 Å². The minimum Gasteiger partial charge on any atom is -0.502 e. The largest absolute Gasteiger partial charge is 0.502 e. The van der Waals surface area contributed by atoms with E-state index in [-0.39, 0.29) is 24.0 Å². The molecule has 32 heavy (non-hydrogen) atoms. The molecular weight excluding hydrogens is 432 g/mol. The van der Waals surface area contributed by atoms with Crippen LogP contribution < -0.4 is 9.47 Å². The number of nitro groups is 2. The predicted molar refractivity (Wildman–Crippen MR) is 101 cm³/mol. The average Bonchev–Trinajstić information content (AvgIpc) is 2.65. The van der Waals surface area contributed by atoms with Gasteiger partial charge >= 0.3 is 11.4 Å². The third-order valence-corrected chi connectivity index (χ3v) is 5.44. The molecule has 0 amide bonds. The summed E-state index contributed by atoms with van der Waals surface area (Å²) in [6.45, 7) is -1.12. The number of hydrogen-bond acceptors (Lipinski definition) is 11. The number of phenols is 2. The molecule has 1 saturated carbocycles. The van der Waals surface area contributed by atoms with Crippen LogP contribution >= 0.6 is 0 Å². The molecule has 3 aliphatic heterocycles. The molecule has 1 aliphatic carbocycles. The van der Waals surface area contributed by atoms with Gasteiger partial charge in [-0.05, 0) is 12.1 Å². The van der Waals surface area contributed by atoms with Crippen molar-refractivity contribution in [1.29, 1.82) is 0 Å². The Hall–Kier alpha value is -3.68. The highest BCUT2D eigenvalue weighted by Gasteiger charge is 2.64. The van der Waals surface area contributed by atoms with Crippen LogP contribution in [0.2, 0.25) is 0 Å². The van der Waals surface area contributed by atoms with E-state index in [0.29, 0.717) is 12.8 Å². The molecule has 4 atom stereocenters. The summed E-state index contributed by atoms with van der Waals surface area (Å²) in [6, 6.07) is 7.13. The average molecular weight is 448 g/mol. The third kappa shape index (κ3) is 3.41. The van der Waals surface area contributed by atoms with Gasteiger partial charge in [0.1, 0.15) is 11.5 Å². The number of ether oxygens (including phenoxy) is 5. The molecule has 13 nitrogen and oxygen atoms in total. The fraction of sp³-hybridized carbons (Fsp3) is 0.368. The third-order valence-electron chi connectivity index (χ3n) is 5.44. The van der Waals surface area contributed by atoms with Crippen LogP contribution in [0.15, 0.2) is 36.4 Å². The smallest absolute Gasteiger partial charge is 0.310 e. The van der Waals surface area contributed by atoms with Crippen LogP contribution in [0.25, 0.3) is 0 Å². The number of nitrogens with zero attached hydrogens (tertiary/aromatic N) is 2. The second-order valence-corrected chi connectivity index (χ2v) is 7.71. The first kappa shape index (κ1) is 20.2. The minimum absolute atomic E-state index is 0.0614. The Labute approximate surface area is 178 Å². The zero-order valence-corrected chi connectivity index (χ0v) is 16.2. The molecule has 3 heterocycles. The van der Waals surface area contributed by atoms with Crippen LogP contribution in [0, 0.1) is 20.2 Å². The molecule has 0 radical (unpaired) electrons. The van der Waals surface area contributed by atoms with Crippen molar-refractivity contribution in [2.24, 2.45) is 0 Å². The highest BCUT2D eigenvalue weighted by Crippen LogP contribution is 2.53. The second kappa shape index (κ2) is 6.91. The SMILES string of the molecule is O=[N+]([O-])c1ccc(O[C@]23C[C@H]4C[C@](Oc5ccc([N+](=O)[O-])c(O)c5)(C2)O[C@H](O4)O3)cc1O. The van der Waals surface area contributed by atoms with Crippen LogP contribution in [-0.2, 0) is 14.2 Å². The van der Waals surface area contributed by atoms with Gasteiger partial charge in [0, 0.05) is 37.1 Å². The van der Waals surface area contributed by atoms with Crippen molar-refractivity contribution in [3.8, 4) is 23.0 Å². The highest BCUT2D eigenvalue weighted by molar-refractivity contribution is 5.50. The highest BCUT2D eigenvalue weighted by atomic mass is 16.9. The number of phenolic OH excluding ortho intramolecular Hbond substituents is 2. The summed E-state index contributed by atoms with van der Waals surface area (Å²) in [5.41, 5.74) is -0.929. The molecule has 13 heteroatoms. The van der Waals surface area contributed by atoms with E-state index >= 15 is 0 Å². The zero-order valence-electron chi connectivity index (χ0n) is 16.2. The number of rotatable bonds is 6. The van der Waals surface area contributed by atoms with Crippen molar-refractivity contribution < 1.29 is 43.7 Å². The van der Waals surface area contributed by atoms with Crippen molar-refractivity contribution in [2.75, 3.05) is 0 Å². The molecular formula is C19H16N2O11. The summed E-state index contributed by atoms with van der Waals surface area (Å²) < 4.78 is 29.1. The van der Waals surface area contributed by atoms with E-state index in [4.69, 9.17) is 23.7 Å². The Balaban J connectivity index is 1.41. The molecule has 2 aromatic carbocycles. The molecule has 2 aromatic rings. The van der Waals surface area contributed by atoms with Gasteiger partial charge in [0.05, 0.1) is 22.4 Å². The first-order valence-electron chi connectivity index (χ1n) is 9.50. The standard InChI is InChI=1S/C19H16N2O11/c22-15-5-10(1-3-13(15)20(24)25)29-18-7-12-8-19(9-18,32-17(28-12)31-18)30-11-2-4-14(21(26)27)16(23)6-11/h1-6,12,17,22-23H,7-9H2/t12-,17+,18-,19+. The quantitative estimate of drug-likeness (QED) is 0.491. The summed E-state index contributed by atoms with van der Waals surface area (Å²) in [4.78, 5) is 20.4. The summed E-state index contributed by atoms with van der Waals surface area (Å²) in [6.07, 6.45) is 0.309. The molecule has 4 bridgehead atoms. The van der Waals surface area contributed by atoms with Gasteiger partial charge in [-0.3, -0.25) is 29.7 Å². The zero-order chi connectivity index (χ0) is 22.7. The van der Waals surface area contributed by atoms with Crippen molar-refractivity contribution in [3.63, 3.8) is 0 Å². The van der Waals surface area contributed by atoms with E-state index in [9.17, 15) is 30.4 Å². The maximum Gasteiger partial charge on any atom is 0.310 e. The Morgan fingerprint density at radius 3 is 1.72 bits per heavy atom. The van der Waals surface area contributed by atoms with Crippen LogP contribution in [0.5, 0.6) is 23.0 Å². The van der Waals surface area contributed by atoms with Crippen LogP contribution in [0.1, 0.15) is 19.3 Å². The lowest BCUT2D eigenvalue weighted by atomic mass is 9.84. The summed E-state index contributed by atoms with van der Waals surface area (Å²) in [5.74, 6) is -3.38. The first-order chi connectivity index (χ1) is 15.2. The molecule has 0 spiro atoms. The molecule has 0 unspecified atom stereocenters. The van der Waals surface area contributed by atoms with Crippen LogP contribution in [0.3, 0.4) is 0 Å². The maximum atomic E-state index is 10.9. The summed E-state index contributed by atoms with van der Waals surface area (Å²) in [7, 11) is 0. The predicted octanol–water partition coefficient (Wildman–Crippen LogP) is 2.68. The molecule has 168 valence electrons. The minimum atomic E-state index is -1.27. The number of benzene rings is 2. The van der Waals surface area contributed by atoms with Gasteiger partial charge in [0.2, 0.25) is 11.6 Å². The lowest BCUT2D eigenvalue weighted by Gasteiger charge is -2.58. The number of hydrogen-bond donors (Lipinski definition) is 2. The number of aromatic hydroxyl groups is 2. The van der Waals surface area contributed by atoms with E-state index in [2.05, 4.69) is 0 Å². The molecule has 4 fully saturated rings. The van der Waals surface area contributed by atoms with Gasteiger partial charge in [-0.15, -0.1) is 0 Å². The molecule has 0 aromatic heterocycles. The fourth-order valence-electron chi connectivity index (χ4n) is 4.26. The Bertz CT molecular complexity index is 1020. The topological polar surface area (TPSA) is 173 Å². The van der Waals surface area contributed by atoms with Crippen molar-refractivity contribution in [3.05, 3.63) is 56.6 Å². The Kier molecular flexibility index (Phi) is 4.37. The van der Waals surface area contributed by atoms with E-state index in [0.717, 1.165) is 24.3 Å². The number of nitro benzene ring substituents is 2. The molecule has 2 N–H and O–H groups in total. The Morgan fingerprint density at radius 2 is 1.34 bits per heavy atom. The lowest BCUT2D eigenvalue weighted by molar-refractivity contribution is -0.528. The molecule has 3 saturated heterocycles. The first-order valence-corrected chi connectivity index (χ1v) is 9.50. The van der Waals surface area contributed by atoms with Crippen LogP contribution in [-0.4, -0.2) is 44.2 Å². The van der Waals surface area contributed by atoms with Gasteiger partial charge in [-0.25, -0.2) is 0 Å². The summed E-state index contributed by atoms with van der Waals surface area (Å²) in [5, 5.41) is 41.6. The van der Waals surface area contributed by atoms with E-state index in [1.54, 1.807) is 0 Å². The molecule has 6 rings (SSSR count). The van der Waals surface area contributed by atoms with Crippen molar-refractivity contribution in [2.45, 2.75) is 43.4 Å². The second-order valence-electron chi connectivity index (χ2n) is 7.71. The van der Waals surface area contributed by atoms with Crippen molar-refractivity contribution >= 4 is 11.4 Å². The van der Waals surface area contributed by atoms with E-state index in [1.807, 2.05) is 0 Å². The van der Waals surface area contributed by atoms with Gasteiger partial charge in [-0.2, -0.15) is 0 Å². The van der Waals surface area contributed by atoms with Gasteiger partial charge in [0.15, 0.2) is 11.5 Å².